The summed E-state index contributed by atoms with van der Waals surface area (Å²) in [6.07, 6.45) is 8.17. The van der Waals surface area contributed by atoms with Crippen LogP contribution in [0.25, 0.3) is 0 Å². The summed E-state index contributed by atoms with van der Waals surface area (Å²) >= 11 is 0. The molecule has 0 unspecified atom stereocenters. The highest BCUT2D eigenvalue weighted by atomic mass is 28.4. The standard InChI is InChI=1S/C16H34O3Si/c1-5-9-10-11-12-13-14-15-18-16(17)19-20(6-2,7-3)8-4/h5-15H2,1-4H3. The van der Waals surface area contributed by atoms with E-state index in [1.165, 1.54) is 32.1 Å². The minimum absolute atomic E-state index is 0.437. The summed E-state index contributed by atoms with van der Waals surface area (Å²) in [6.45, 7) is 9.08. The molecule has 0 saturated heterocycles. The first-order chi connectivity index (χ1) is 9.64. The second-order valence-corrected chi connectivity index (χ2v) is 10.3. The Bertz CT molecular complexity index is 232. The molecule has 0 aliphatic rings. The van der Waals surface area contributed by atoms with E-state index in [9.17, 15) is 4.79 Å². The van der Waals surface area contributed by atoms with Crippen LogP contribution in [0.3, 0.4) is 0 Å². The van der Waals surface area contributed by atoms with E-state index in [0.29, 0.717) is 6.61 Å². The smallest absolute Gasteiger partial charge is 0.489 e. The monoisotopic (exact) mass is 302 g/mol. The van der Waals surface area contributed by atoms with Crippen molar-refractivity contribution in [3.05, 3.63) is 0 Å². The Morgan fingerprint density at radius 1 is 0.800 bits per heavy atom. The molecule has 0 rings (SSSR count). The molecule has 0 amide bonds. The number of carbonyl (C=O) groups is 1. The zero-order valence-electron chi connectivity index (χ0n) is 14.0. The zero-order chi connectivity index (χ0) is 15.3. The highest BCUT2D eigenvalue weighted by Crippen LogP contribution is 2.22. The lowest BCUT2D eigenvalue weighted by atomic mass is 10.1. The summed E-state index contributed by atoms with van der Waals surface area (Å²) in [6, 6.07) is 2.94. The molecule has 0 aromatic carbocycles. The van der Waals surface area contributed by atoms with Gasteiger partial charge in [0.05, 0.1) is 6.61 Å². The van der Waals surface area contributed by atoms with Gasteiger partial charge in [0.25, 0.3) is 8.32 Å². The van der Waals surface area contributed by atoms with E-state index in [2.05, 4.69) is 27.7 Å². The molecule has 0 fully saturated rings. The van der Waals surface area contributed by atoms with Crippen molar-refractivity contribution in [2.24, 2.45) is 0 Å². The summed E-state index contributed by atoms with van der Waals surface area (Å²) in [4.78, 5) is 11.7. The maximum absolute atomic E-state index is 11.7. The number of hydrogen-bond acceptors (Lipinski definition) is 3. The van der Waals surface area contributed by atoms with Crippen molar-refractivity contribution < 1.29 is 14.0 Å². The Balaban J connectivity index is 3.63. The second kappa shape index (κ2) is 12.2. The molecule has 0 atom stereocenters. The summed E-state index contributed by atoms with van der Waals surface area (Å²) in [5.41, 5.74) is 0. The predicted molar refractivity (Wildman–Crippen MR) is 87.6 cm³/mol. The van der Waals surface area contributed by atoms with Gasteiger partial charge >= 0.3 is 6.16 Å². The highest BCUT2D eigenvalue weighted by Gasteiger charge is 2.33. The first kappa shape index (κ1) is 19.5. The molecule has 0 saturated carbocycles. The van der Waals surface area contributed by atoms with Gasteiger partial charge in [0.2, 0.25) is 0 Å². The summed E-state index contributed by atoms with van der Waals surface area (Å²) in [5.74, 6) is 0. The SMILES string of the molecule is CCCCCCCCCOC(=O)O[Si](CC)(CC)CC. The molecular weight excluding hydrogens is 268 g/mol. The Hall–Kier alpha value is -0.513. The van der Waals surface area contributed by atoms with Crippen LogP contribution < -0.4 is 0 Å². The van der Waals surface area contributed by atoms with Crippen molar-refractivity contribution in [1.82, 2.24) is 0 Å². The van der Waals surface area contributed by atoms with Gasteiger partial charge in [-0.1, -0.05) is 66.2 Å². The third kappa shape index (κ3) is 8.62. The Morgan fingerprint density at radius 3 is 1.80 bits per heavy atom. The number of ether oxygens (including phenoxy) is 1. The third-order valence-corrected chi connectivity index (χ3v) is 8.67. The highest BCUT2D eigenvalue weighted by molar-refractivity contribution is 6.74. The quantitative estimate of drug-likeness (QED) is 0.256. The Morgan fingerprint density at radius 2 is 1.30 bits per heavy atom. The first-order valence-corrected chi connectivity index (χ1v) is 11.0. The fraction of sp³-hybridized carbons (Fsp3) is 0.938. The lowest BCUT2D eigenvalue weighted by molar-refractivity contribution is 0.0938. The molecule has 0 aromatic heterocycles. The zero-order valence-corrected chi connectivity index (χ0v) is 15.0. The van der Waals surface area contributed by atoms with Crippen LogP contribution in [0.2, 0.25) is 18.1 Å². The van der Waals surface area contributed by atoms with Gasteiger partial charge in [-0.05, 0) is 24.6 Å². The maximum atomic E-state index is 11.7. The lowest BCUT2D eigenvalue weighted by Gasteiger charge is -2.26. The molecule has 0 bridgehead atoms. The van der Waals surface area contributed by atoms with E-state index in [-0.39, 0.29) is 0 Å². The molecule has 0 aliphatic heterocycles. The number of hydrogen-bond donors (Lipinski definition) is 0. The molecule has 0 aromatic rings. The first-order valence-electron chi connectivity index (χ1n) is 8.49. The van der Waals surface area contributed by atoms with Crippen molar-refractivity contribution in [3.63, 3.8) is 0 Å². The van der Waals surface area contributed by atoms with Gasteiger partial charge in [0, 0.05) is 0 Å². The number of carbonyl (C=O) groups excluding carboxylic acids is 1. The van der Waals surface area contributed by atoms with E-state index < -0.39 is 14.5 Å². The van der Waals surface area contributed by atoms with Crippen LogP contribution in [0.1, 0.15) is 72.6 Å². The molecule has 0 heterocycles. The molecular formula is C16H34O3Si. The Labute approximate surface area is 126 Å². The van der Waals surface area contributed by atoms with E-state index in [1.807, 2.05) is 0 Å². The fourth-order valence-corrected chi connectivity index (χ4v) is 4.73. The third-order valence-electron chi connectivity index (χ3n) is 4.20. The van der Waals surface area contributed by atoms with Gasteiger partial charge in [0.1, 0.15) is 0 Å². The minimum atomic E-state index is -1.85. The number of rotatable bonds is 12. The van der Waals surface area contributed by atoms with Crippen LogP contribution >= 0.6 is 0 Å². The van der Waals surface area contributed by atoms with E-state index in [0.717, 1.165) is 31.0 Å². The van der Waals surface area contributed by atoms with Crippen molar-refractivity contribution in [2.45, 2.75) is 90.8 Å². The van der Waals surface area contributed by atoms with E-state index >= 15 is 0 Å². The molecule has 20 heavy (non-hydrogen) atoms. The van der Waals surface area contributed by atoms with Crippen LogP contribution in [0.15, 0.2) is 0 Å². The normalized spacial score (nSPS) is 11.4. The largest absolute Gasteiger partial charge is 0.494 e. The maximum Gasteiger partial charge on any atom is 0.494 e. The van der Waals surface area contributed by atoms with Gasteiger partial charge in [-0.25, -0.2) is 4.79 Å². The molecule has 120 valence electrons. The van der Waals surface area contributed by atoms with Crippen LogP contribution in [0.5, 0.6) is 0 Å². The average molecular weight is 303 g/mol. The topological polar surface area (TPSA) is 35.5 Å². The van der Waals surface area contributed by atoms with Crippen LogP contribution in [0.4, 0.5) is 4.79 Å². The van der Waals surface area contributed by atoms with Crippen molar-refractivity contribution in [2.75, 3.05) is 6.61 Å². The minimum Gasteiger partial charge on any atom is -0.489 e. The Kier molecular flexibility index (Phi) is 11.9. The summed E-state index contributed by atoms with van der Waals surface area (Å²) < 4.78 is 10.8. The molecule has 0 radical (unpaired) electrons. The average Bonchev–Trinajstić information content (AvgIpc) is 2.47. The second-order valence-electron chi connectivity index (χ2n) is 5.57. The lowest BCUT2D eigenvalue weighted by Crippen LogP contribution is -2.38. The van der Waals surface area contributed by atoms with Gasteiger partial charge in [-0.2, -0.15) is 0 Å². The predicted octanol–water partition coefficient (Wildman–Crippen LogP) is 5.90. The van der Waals surface area contributed by atoms with Crippen LogP contribution in [-0.4, -0.2) is 21.1 Å². The van der Waals surface area contributed by atoms with Crippen molar-refractivity contribution in [3.8, 4) is 0 Å². The van der Waals surface area contributed by atoms with Gasteiger partial charge < -0.3 is 9.16 Å². The van der Waals surface area contributed by atoms with Crippen molar-refractivity contribution >= 4 is 14.5 Å². The van der Waals surface area contributed by atoms with Gasteiger partial charge in [0.15, 0.2) is 0 Å². The van der Waals surface area contributed by atoms with E-state index in [4.69, 9.17) is 9.16 Å². The van der Waals surface area contributed by atoms with Gasteiger partial charge in [-0.3, -0.25) is 0 Å². The number of unbranched alkanes of at least 4 members (excludes halogenated alkanes) is 6. The molecule has 0 spiro atoms. The fourth-order valence-electron chi connectivity index (χ4n) is 2.39. The van der Waals surface area contributed by atoms with Crippen molar-refractivity contribution in [1.29, 1.82) is 0 Å². The van der Waals surface area contributed by atoms with Crippen LogP contribution in [-0.2, 0) is 9.16 Å². The van der Waals surface area contributed by atoms with Gasteiger partial charge in [-0.15, -0.1) is 0 Å². The summed E-state index contributed by atoms with van der Waals surface area (Å²) in [7, 11) is -1.85. The molecule has 0 N–H and O–H groups in total. The molecule has 4 heteroatoms. The molecule has 3 nitrogen and oxygen atoms in total. The van der Waals surface area contributed by atoms with Crippen LogP contribution in [0, 0.1) is 0 Å². The molecule has 0 aliphatic carbocycles. The van der Waals surface area contributed by atoms with E-state index in [1.54, 1.807) is 0 Å². The summed E-state index contributed by atoms with van der Waals surface area (Å²) in [5, 5.41) is 0.